The molecule has 0 N–H and O–H groups in total. The highest BCUT2D eigenvalue weighted by Crippen LogP contribution is 2.50. The second-order valence-electron chi connectivity index (χ2n) is 7.77. The van der Waals surface area contributed by atoms with Crippen LogP contribution in [0.3, 0.4) is 0 Å². The fourth-order valence-electron chi connectivity index (χ4n) is 4.44. The summed E-state index contributed by atoms with van der Waals surface area (Å²) >= 11 is 0. The smallest absolute Gasteiger partial charge is 0.337 e. The molecule has 1 unspecified atom stereocenters. The van der Waals surface area contributed by atoms with Crippen LogP contribution in [0.2, 0.25) is 0 Å². The van der Waals surface area contributed by atoms with Gasteiger partial charge in [0, 0.05) is 23.6 Å². The molecule has 2 aromatic rings. The van der Waals surface area contributed by atoms with Gasteiger partial charge >= 0.3 is 5.97 Å². The Kier molecular flexibility index (Phi) is 4.39. The third-order valence-corrected chi connectivity index (χ3v) is 5.37. The second-order valence-corrected chi connectivity index (χ2v) is 7.77. The summed E-state index contributed by atoms with van der Waals surface area (Å²) < 4.78 is 4.90. The number of carbonyl (C=O) groups is 2. The Morgan fingerprint density at radius 2 is 1.69 bits per heavy atom. The fourth-order valence-corrected chi connectivity index (χ4v) is 4.44. The van der Waals surface area contributed by atoms with Crippen LogP contribution < -0.4 is 4.90 Å². The number of carbonyl (C=O) groups excluding carboxylic acids is 2. The van der Waals surface area contributed by atoms with Crippen LogP contribution in [0.25, 0.3) is 0 Å². The fraction of sp³-hybridized carbons (Fsp3) is 0.364. The van der Waals surface area contributed by atoms with Crippen LogP contribution in [0.15, 0.2) is 48.5 Å². The lowest BCUT2D eigenvalue weighted by Crippen LogP contribution is -2.55. The van der Waals surface area contributed by atoms with Crippen molar-refractivity contribution in [3.63, 3.8) is 0 Å². The Balaban J connectivity index is 2.30. The molecule has 2 aromatic carbocycles. The number of anilines is 1. The normalized spacial score (nSPS) is 21.0. The van der Waals surface area contributed by atoms with Gasteiger partial charge in [-0.3, -0.25) is 4.79 Å². The van der Waals surface area contributed by atoms with Crippen LogP contribution in [-0.2, 0) is 14.9 Å². The Morgan fingerprint density at radius 1 is 1.04 bits per heavy atom. The molecule has 4 heteroatoms. The van der Waals surface area contributed by atoms with Gasteiger partial charge in [-0.2, -0.15) is 0 Å². The zero-order chi connectivity index (χ0) is 19.1. The zero-order valence-corrected chi connectivity index (χ0v) is 16.0. The highest BCUT2D eigenvalue weighted by atomic mass is 16.5. The topological polar surface area (TPSA) is 46.6 Å². The van der Waals surface area contributed by atoms with Gasteiger partial charge in [-0.15, -0.1) is 0 Å². The minimum absolute atomic E-state index is 0.00261. The standard InChI is InChI=1S/C22H25NO3/c1-15(24)23-19-12-11-16(20(25)26-5)13-18(19)22(4,14-21(23,2)3)17-9-7-6-8-10-17/h6-13H,14H2,1-5H3. The summed E-state index contributed by atoms with van der Waals surface area (Å²) in [5, 5.41) is 0. The number of esters is 1. The van der Waals surface area contributed by atoms with E-state index in [4.69, 9.17) is 4.74 Å². The summed E-state index contributed by atoms with van der Waals surface area (Å²) in [5.74, 6) is -0.375. The van der Waals surface area contributed by atoms with Crippen LogP contribution >= 0.6 is 0 Å². The van der Waals surface area contributed by atoms with Gasteiger partial charge in [0.2, 0.25) is 5.91 Å². The Bertz CT molecular complexity index is 857. The summed E-state index contributed by atoms with van der Waals surface area (Å²) in [6.07, 6.45) is 0.751. The SMILES string of the molecule is COC(=O)c1ccc2c(c1)C(C)(c1ccccc1)CC(C)(C)N2C(C)=O. The number of methoxy groups -OCH3 is 1. The summed E-state index contributed by atoms with van der Waals surface area (Å²) in [7, 11) is 1.38. The zero-order valence-electron chi connectivity index (χ0n) is 16.0. The second kappa shape index (κ2) is 6.27. The van der Waals surface area contributed by atoms with Crippen molar-refractivity contribution in [3.05, 3.63) is 65.2 Å². The molecule has 0 radical (unpaired) electrons. The maximum absolute atomic E-state index is 12.4. The van der Waals surface area contributed by atoms with Crippen LogP contribution in [0.4, 0.5) is 5.69 Å². The van der Waals surface area contributed by atoms with E-state index in [9.17, 15) is 9.59 Å². The molecular weight excluding hydrogens is 326 g/mol. The minimum atomic E-state index is -0.373. The number of ether oxygens (including phenoxy) is 1. The van der Waals surface area contributed by atoms with E-state index < -0.39 is 0 Å². The molecule has 1 aliphatic heterocycles. The molecule has 0 bridgehead atoms. The molecule has 3 rings (SSSR count). The maximum atomic E-state index is 12.4. The first-order valence-corrected chi connectivity index (χ1v) is 8.80. The first kappa shape index (κ1) is 18.2. The van der Waals surface area contributed by atoms with E-state index >= 15 is 0 Å². The summed E-state index contributed by atoms with van der Waals surface area (Å²) in [5.41, 5.74) is 2.82. The van der Waals surface area contributed by atoms with E-state index in [1.807, 2.05) is 35.2 Å². The molecule has 4 nitrogen and oxygen atoms in total. The van der Waals surface area contributed by atoms with Gasteiger partial charge in [0.15, 0.2) is 0 Å². The van der Waals surface area contributed by atoms with Gasteiger partial charge in [0.1, 0.15) is 0 Å². The molecule has 0 saturated heterocycles. The number of amides is 1. The van der Waals surface area contributed by atoms with Crippen molar-refractivity contribution in [2.45, 2.75) is 45.1 Å². The average Bonchev–Trinajstić information content (AvgIpc) is 2.60. The number of hydrogen-bond acceptors (Lipinski definition) is 3. The molecule has 136 valence electrons. The Labute approximate surface area is 154 Å². The Hall–Kier alpha value is -2.62. The minimum Gasteiger partial charge on any atom is -0.465 e. The largest absolute Gasteiger partial charge is 0.465 e. The molecule has 0 saturated carbocycles. The van der Waals surface area contributed by atoms with E-state index in [0.717, 1.165) is 17.7 Å². The first-order valence-electron chi connectivity index (χ1n) is 8.80. The highest BCUT2D eigenvalue weighted by Gasteiger charge is 2.47. The van der Waals surface area contributed by atoms with E-state index in [-0.39, 0.29) is 22.8 Å². The molecule has 1 heterocycles. The van der Waals surface area contributed by atoms with Gasteiger partial charge in [-0.05, 0) is 49.6 Å². The van der Waals surface area contributed by atoms with Gasteiger partial charge in [-0.25, -0.2) is 4.79 Å². The number of nitrogens with zero attached hydrogens (tertiary/aromatic N) is 1. The lowest BCUT2D eigenvalue weighted by Gasteiger charge is -2.51. The third-order valence-electron chi connectivity index (χ3n) is 5.37. The van der Waals surface area contributed by atoms with Crippen molar-refractivity contribution in [1.82, 2.24) is 0 Å². The van der Waals surface area contributed by atoms with Crippen LogP contribution in [0.1, 0.15) is 55.6 Å². The molecule has 1 aliphatic rings. The predicted octanol–water partition coefficient (Wildman–Crippen LogP) is 4.31. The van der Waals surface area contributed by atoms with Crippen molar-refractivity contribution in [2.24, 2.45) is 0 Å². The molecule has 1 amide bonds. The number of rotatable bonds is 2. The monoisotopic (exact) mass is 351 g/mol. The maximum Gasteiger partial charge on any atom is 0.337 e. The molecule has 0 fully saturated rings. The van der Waals surface area contributed by atoms with Crippen LogP contribution in [-0.4, -0.2) is 24.5 Å². The van der Waals surface area contributed by atoms with Gasteiger partial charge in [0.25, 0.3) is 0 Å². The van der Waals surface area contributed by atoms with E-state index in [2.05, 4.69) is 32.9 Å². The number of hydrogen-bond donors (Lipinski definition) is 0. The van der Waals surface area contributed by atoms with Crippen LogP contribution in [0, 0.1) is 0 Å². The lowest BCUT2D eigenvalue weighted by atomic mass is 9.65. The van der Waals surface area contributed by atoms with Crippen molar-refractivity contribution in [1.29, 1.82) is 0 Å². The molecule has 0 spiro atoms. The van der Waals surface area contributed by atoms with Crippen molar-refractivity contribution in [2.75, 3.05) is 12.0 Å². The van der Waals surface area contributed by atoms with Gasteiger partial charge < -0.3 is 9.64 Å². The predicted molar refractivity (Wildman–Crippen MR) is 103 cm³/mol. The third kappa shape index (κ3) is 2.79. The Morgan fingerprint density at radius 3 is 2.27 bits per heavy atom. The van der Waals surface area contributed by atoms with Crippen molar-refractivity contribution in [3.8, 4) is 0 Å². The van der Waals surface area contributed by atoms with Crippen molar-refractivity contribution >= 4 is 17.6 Å². The number of fused-ring (bicyclic) bond motifs is 1. The molecule has 1 atom stereocenters. The summed E-state index contributed by atoms with van der Waals surface area (Å²) in [6, 6.07) is 15.7. The van der Waals surface area contributed by atoms with E-state index in [1.54, 1.807) is 13.0 Å². The van der Waals surface area contributed by atoms with Gasteiger partial charge in [-0.1, -0.05) is 37.3 Å². The average molecular weight is 351 g/mol. The molecular formula is C22H25NO3. The number of benzene rings is 2. The first-order chi connectivity index (χ1) is 12.2. The molecule has 26 heavy (non-hydrogen) atoms. The molecule has 0 aromatic heterocycles. The molecule has 0 aliphatic carbocycles. The van der Waals surface area contributed by atoms with Gasteiger partial charge in [0.05, 0.1) is 12.7 Å². The quantitative estimate of drug-likeness (QED) is 0.757. The lowest BCUT2D eigenvalue weighted by molar-refractivity contribution is -0.117. The summed E-state index contributed by atoms with van der Waals surface area (Å²) in [6.45, 7) is 7.95. The van der Waals surface area contributed by atoms with Crippen LogP contribution in [0.5, 0.6) is 0 Å². The highest BCUT2D eigenvalue weighted by molar-refractivity contribution is 5.97. The van der Waals surface area contributed by atoms with E-state index in [0.29, 0.717) is 5.56 Å². The van der Waals surface area contributed by atoms with E-state index in [1.165, 1.54) is 12.7 Å². The van der Waals surface area contributed by atoms with Crippen molar-refractivity contribution < 1.29 is 14.3 Å². The summed E-state index contributed by atoms with van der Waals surface area (Å²) in [4.78, 5) is 26.4.